The van der Waals surface area contributed by atoms with Gasteiger partial charge in [0.15, 0.2) is 0 Å². The minimum Gasteiger partial charge on any atom is -0.393 e. The van der Waals surface area contributed by atoms with Crippen LogP contribution < -0.4 is 0 Å². The molecule has 4 fully saturated rings. The van der Waals surface area contributed by atoms with Crippen molar-refractivity contribution in [3.8, 4) is 0 Å². The van der Waals surface area contributed by atoms with Crippen molar-refractivity contribution in [3.05, 3.63) is 0 Å². The molecule has 138 valence electrons. The Kier molecular flexibility index (Phi) is 4.34. The van der Waals surface area contributed by atoms with Crippen LogP contribution in [0.25, 0.3) is 0 Å². The second kappa shape index (κ2) is 6.00. The SMILES string of the molecule is CC[C@@H](C)C1CCC2C3CC[C@@H]4C[C@@H](O)CC[C@]4(C)C3CC[C@@]21C. The number of aliphatic hydroxyl groups excluding tert-OH is 1. The van der Waals surface area contributed by atoms with Crippen LogP contribution in [0.5, 0.6) is 0 Å². The molecule has 1 N–H and O–H groups in total. The van der Waals surface area contributed by atoms with Gasteiger partial charge in [-0.15, -0.1) is 0 Å². The normalized spacial score (nSPS) is 55.4. The summed E-state index contributed by atoms with van der Waals surface area (Å²) in [6, 6.07) is 0. The van der Waals surface area contributed by atoms with Crippen LogP contribution >= 0.6 is 0 Å². The van der Waals surface area contributed by atoms with Gasteiger partial charge in [-0.05, 0) is 104 Å². The summed E-state index contributed by atoms with van der Waals surface area (Å²) >= 11 is 0. The Morgan fingerprint density at radius 1 is 0.917 bits per heavy atom. The van der Waals surface area contributed by atoms with Gasteiger partial charge in [0.1, 0.15) is 0 Å². The van der Waals surface area contributed by atoms with Gasteiger partial charge in [0.2, 0.25) is 0 Å². The van der Waals surface area contributed by atoms with E-state index in [9.17, 15) is 5.11 Å². The highest BCUT2D eigenvalue weighted by atomic mass is 16.3. The van der Waals surface area contributed by atoms with Crippen LogP contribution in [-0.2, 0) is 0 Å². The molecule has 0 aromatic rings. The van der Waals surface area contributed by atoms with Crippen molar-refractivity contribution >= 4 is 0 Å². The van der Waals surface area contributed by atoms with Gasteiger partial charge in [-0.25, -0.2) is 0 Å². The maximum atomic E-state index is 10.2. The highest BCUT2D eigenvalue weighted by Gasteiger charge is 2.60. The van der Waals surface area contributed by atoms with Gasteiger partial charge in [-0.3, -0.25) is 0 Å². The predicted octanol–water partition coefficient (Wildman–Crippen LogP) is 6.05. The van der Waals surface area contributed by atoms with Crippen LogP contribution in [0.2, 0.25) is 0 Å². The van der Waals surface area contributed by atoms with E-state index in [1.54, 1.807) is 0 Å². The van der Waals surface area contributed by atoms with Crippen molar-refractivity contribution in [1.82, 2.24) is 0 Å². The molecule has 4 aliphatic carbocycles. The number of aliphatic hydroxyl groups is 1. The first-order valence-electron chi connectivity index (χ1n) is 11.1. The molecule has 0 aromatic carbocycles. The van der Waals surface area contributed by atoms with E-state index >= 15 is 0 Å². The Labute approximate surface area is 150 Å². The molecule has 9 atom stereocenters. The molecular formula is C23H40O. The van der Waals surface area contributed by atoms with Crippen molar-refractivity contribution in [2.24, 2.45) is 46.3 Å². The molecule has 0 spiro atoms. The van der Waals surface area contributed by atoms with E-state index in [1.165, 1.54) is 51.4 Å². The lowest BCUT2D eigenvalue weighted by Crippen LogP contribution is -2.54. The Hall–Kier alpha value is -0.0400. The minimum absolute atomic E-state index is 0.00486. The fraction of sp³-hybridized carbons (Fsp3) is 1.00. The number of rotatable bonds is 2. The van der Waals surface area contributed by atoms with E-state index in [4.69, 9.17) is 0 Å². The molecule has 4 rings (SSSR count). The van der Waals surface area contributed by atoms with Gasteiger partial charge >= 0.3 is 0 Å². The molecule has 24 heavy (non-hydrogen) atoms. The summed E-state index contributed by atoms with van der Waals surface area (Å²) in [5, 5.41) is 10.2. The quantitative estimate of drug-likeness (QED) is 0.652. The zero-order chi connectivity index (χ0) is 17.1. The van der Waals surface area contributed by atoms with Crippen LogP contribution in [0.15, 0.2) is 0 Å². The Morgan fingerprint density at radius 3 is 2.38 bits per heavy atom. The average Bonchev–Trinajstić information content (AvgIpc) is 2.92. The molecule has 0 saturated heterocycles. The summed E-state index contributed by atoms with van der Waals surface area (Å²) < 4.78 is 0. The van der Waals surface area contributed by atoms with Crippen LogP contribution in [0.4, 0.5) is 0 Å². The van der Waals surface area contributed by atoms with Crippen LogP contribution in [-0.4, -0.2) is 11.2 Å². The molecule has 4 saturated carbocycles. The van der Waals surface area contributed by atoms with Gasteiger partial charge in [-0.1, -0.05) is 34.1 Å². The number of fused-ring (bicyclic) bond motifs is 5. The summed E-state index contributed by atoms with van der Waals surface area (Å²) in [7, 11) is 0. The summed E-state index contributed by atoms with van der Waals surface area (Å²) in [5.41, 5.74) is 1.17. The molecule has 0 aromatic heterocycles. The van der Waals surface area contributed by atoms with E-state index in [0.29, 0.717) is 10.8 Å². The Morgan fingerprint density at radius 2 is 1.62 bits per heavy atom. The first kappa shape index (κ1) is 17.4. The average molecular weight is 333 g/mol. The van der Waals surface area contributed by atoms with Gasteiger partial charge < -0.3 is 5.11 Å². The minimum atomic E-state index is -0.00486. The summed E-state index contributed by atoms with van der Waals surface area (Å²) in [5.74, 6) is 5.64. The molecule has 1 nitrogen and oxygen atoms in total. The lowest BCUT2D eigenvalue weighted by Gasteiger charge is -2.61. The largest absolute Gasteiger partial charge is 0.393 e. The van der Waals surface area contributed by atoms with Crippen molar-refractivity contribution < 1.29 is 5.11 Å². The molecule has 0 amide bonds. The molecule has 0 bridgehead atoms. The lowest BCUT2D eigenvalue weighted by molar-refractivity contribution is -0.129. The Balaban J connectivity index is 1.59. The van der Waals surface area contributed by atoms with E-state index < -0.39 is 0 Å². The third-order valence-corrected chi connectivity index (χ3v) is 10.0. The highest BCUT2D eigenvalue weighted by molar-refractivity contribution is 5.09. The molecule has 0 aliphatic heterocycles. The van der Waals surface area contributed by atoms with E-state index in [-0.39, 0.29) is 6.10 Å². The fourth-order valence-electron chi connectivity index (χ4n) is 8.50. The third kappa shape index (κ3) is 2.36. The van der Waals surface area contributed by atoms with Crippen molar-refractivity contribution in [1.29, 1.82) is 0 Å². The third-order valence-electron chi connectivity index (χ3n) is 10.0. The fourth-order valence-corrected chi connectivity index (χ4v) is 8.50. The smallest absolute Gasteiger partial charge is 0.0543 e. The molecule has 0 radical (unpaired) electrons. The van der Waals surface area contributed by atoms with Crippen LogP contribution in [0, 0.1) is 46.3 Å². The van der Waals surface area contributed by atoms with Gasteiger partial charge in [0.25, 0.3) is 0 Å². The van der Waals surface area contributed by atoms with Crippen LogP contribution in [0.3, 0.4) is 0 Å². The van der Waals surface area contributed by atoms with Crippen molar-refractivity contribution in [2.75, 3.05) is 0 Å². The standard InChI is InChI=1S/C23H40O/c1-5-15(2)19-8-9-20-18-7-6-16-14-17(24)10-12-22(16,3)21(18)11-13-23(19,20)4/h15-21,24H,5-14H2,1-4H3/t15-,16-,17+,18?,19?,20?,21?,22+,23-/m1/s1. The second-order valence-corrected chi connectivity index (χ2v) is 10.7. The second-order valence-electron chi connectivity index (χ2n) is 10.7. The van der Waals surface area contributed by atoms with E-state index in [0.717, 1.165) is 48.3 Å². The highest BCUT2D eigenvalue weighted by Crippen LogP contribution is 2.68. The summed E-state index contributed by atoms with van der Waals surface area (Å²) in [6.45, 7) is 10.2. The number of hydrogen-bond donors (Lipinski definition) is 1. The van der Waals surface area contributed by atoms with Gasteiger partial charge in [-0.2, -0.15) is 0 Å². The van der Waals surface area contributed by atoms with E-state index in [2.05, 4.69) is 27.7 Å². The first-order valence-corrected chi connectivity index (χ1v) is 11.1. The van der Waals surface area contributed by atoms with Crippen molar-refractivity contribution in [2.45, 2.75) is 98.0 Å². The molecule has 4 unspecified atom stereocenters. The molecule has 1 heteroatoms. The van der Waals surface area contributed by atoms with E-state index in [1.807, 2.05) is 0 Å². The lowest BCUT2D eigenvalue weighted by atomic mass is 9.44. The maximum Gasteiger partial charge on any atom is 0.0543 e. The zero-order valence-corrected chi connectivity index (χ0v) is 16.6. The maximum absolute atomic E-state index is 10.2. The number of hydrogen-bond acceptors (Lipinski definition) is 1. The molecule has 4 aliphatic rings. The molecule has 0 heterocycles. The van der Waals surface area contributed by atoms with Gasteiger partial charge in [0, 0.05) is 0 Å². The first-order chi connectivity index (χ1) is 11.4. The topological polar surface area (TPSA) is 20.2 Å². The van der Waals surface area contributed by atoms with Crippen molar-refractivity contribution in [3.63, 3.8) is 0 Å². The zero-order valence-electron chi connectivity index (χ0n) is 16.6. The predicted molar refractivity (Wildman–Crippen MR) is 101 cm³/mol. The molecular weight excluding hydrogens is 292 g/mol. The summed E-state index contributed by atoms with van der Waals surface area (Å²) in [4.78, 5) is 0. The Bertz CT molecular complexity index is 473. The van der Waals surface area contributed by atoms with Crippen LogP contribution in [0.1, 0.15) is 91.9 Å². The summed E-state index contributed by atoms with van der Waals surface area (Å²) in [6.07, 6.45) is 13.6. The monoisotopic (exact) mass is 332 g/mol. The van der Waals surface area contributed by atoms with Gasteiger partial charge in [0.05, 0.1) is 6.10 Å².